The molecule has 144 valence electrons. The van der Waals surface area contributed by atoms with Gasteiger partial charge in [-0.15, -0.1) is 11.3 Å². The summed E-state index contributed by atoms with van der Waals surface area (Å²) in [7, 11) is 0. The van der Waals surface area contributed by atoms with Crippen molar-refractivity contribution < 1.29 is 18.7 Å². The molecular weight excluding hydrogens is 390 g/mol. The van der Waals surface area contributed by atoms with E-state index in [9.17, 15) is 9.59 Å². The van der Waals surface area contributed by atoms with Crippen LogP contribution in [0.5, 0.6) is 11.5 Å². The van der Waals surface area contributed by atoms with Crippen LogP contribution in [0.4, 0.5) is 11.7 Å². The molecule has 0 aliphatic heterocycles. The number of oxazole rings is 1. The predicted octanol–water partition coefficient (Wildman–Crippen LogP) is 5.03. The van der Waals surface area contributed by atoms with Gasteiger partial charge in [-0.3, -0.25) is 14.9 Å². The number of rotatable bonds is 6. The number of para-hydroxylation sites is 1. The Morgan fingerprint density at radius 3 is 2.34 bits per heavy atom. The SMILES string of the molecule is O=C(Nc1ccc(Oc2ccccc2)cc1)c1coc(NC(=O)c2cccs2)n1. The number of hydrogen-bond donors (Lipinski definition) is 2. The molecule has 0 unspecified atom stereocenters. The molecule has 2 amide bonds. The van der Waals surface area contributed by atoms with Gasteiger partial charge in [0.1, 0.15) is 17.8 Å². The number of nitrogens with zero attached hydrogens (tertiary/aromatic N) is 1. The lowest BCUT2D eigenvalue weighted by molar-refractivity contribution is 0.101. The first kappa shape index (κ1) is 18.5. The van der Waals surface area contributed by atoms with Crippen molar-refractivity contribution in [3.05, 3.63) is 88.9 Å². The molecule has 0 spiro atoms. The van der Waals surface area contributed by atoms with Gasteiger partial charge in [-0.05, 0) is 47.8 Å². The molecule has 2 aromatic carbocycles. The standard InChI is InChI=1S/C21H15N3O4S/c25-19(17-13-27-21(23-17)24-20(26)18-7-4-12-29-18)22-14-8-10-16(11-9-14)28-15-5-2-1-3-6-15/h1-13H,(H,22,25)(H,23,24,26). The van der Waals surface area contributed by atoms with Gasteiger partial charge in [-0.25, -0.2) is 0 Å². The number of amides is 2. The van der Waals surface area contributed by atoms with Crippen LogP contribution in [0.1, 0.15) is 20.2 Å². The predicted molar refractivity (Wildman–Crippen MR) is 110 cm³/mol. The van der Waals surface area contributed by atoms with E-state index in [1.165, 1.54) is 17.6 Å². The van der Waals surface area contributed by atoms with E-state index < -0.39 is 5.91 Å². The second-order valence-electron chi connectivity index (χ2n) is 5.86. The fourth-order valence-corrected chi connectivity index (χ4v) is 3.05. The summed E-state index contributed by atoms with van der Waals surface area (Å²) in [6.07, 6.45) is 1.19. The second kappa shape index (κ2) is 8.41. The lowest BCUT2D eigenvalue weighted by Gasteiger charge is -2.07. The van der Waals surface area contributed by atoms with Crippen LogP contribution in [0.3, 0.4) is 0 Å². The third-order valence-electron chi connectivity index (χ3n) is 3.79. The smallest absolute Gasteiger partial charge is 0.302 e. The molecule has 0 saturated heterocycles. The van der Waals surface area contributed by atoms with E-state index in [0.29, 0.717) is 16.3 Å². The van der Waals surface area contributed by atoms with Crippen LogP contribution < -0.4 is 15.4 Å². The molecule has 2 N–H and O–H groups in total. The van der Waals surface area contributed by atoms with Gasteiger partial charge in [0.25, 0.3) is 11.8 Å². The van der Waals surface area contributed by atoms with Crippen molar-refractivity contribution in [3.63, 3.8) is 0 Å². The van der Waals surface area contributed by atoms with E-state index in [2.05, 4.69) is 15.6 Å². The quantitative estimate of drug-likeness (QED) is 0.469. The van der Waals surface area contributed by atoms with Gasteiger partial charge in [0, 0.05) is 5.69 Å². The van der Waals surface area contributed by atoms with Crippen molar-refractivity contribution in [3.8, 4) is 11.5 Å². The average molecular weight is 405 g/mol. The van der Waals surface area contributed by atoms with Gasteiger partial charge in [0.2, 0.25) is 0 Å². The normalized spacial score (nSPS) is 10.3. The molecule has 0 radical (unpaired) electrons. The number of ether oxygens (including phenoxy) is 1. The monoisotopic (exact) mass is 405 g/mol. The zero-order valence-corrected chi connectivity index (χ0v) is 15.8. The molecule has 0 bridgehead atoms. The van der Waals surface area contributed by atoms with Gasteiger partial charge < -0.3 is 14.5 Å². The zero-order chi connectivity index (χ0) is 20.1. The Balaban J connectivity index is 1.35. The largest absolute Gasteiger partial charge is 0.457 e. The van der Waals surface area contributed by atoms with Gasteiger partial charge >= 0.3 is 6.01 Å². The van der Waals surface area contributed by atoms with Gasteiger partial charge in [-0.1, -0.05) is 24.3 Å². The van der Waals surface area contributed by atoms with Crippen LogP contribution in [0.25, 0.3) is 0 Å². The number of anilines is 2. The highest BCUT2D eigenvalue weighted by Gasteiger charge is 2.15. The maximum Gasteiger partial charge on any atom is 0.302 e. The Morgan fingerprint density at radius 1 is 0.862 bits per heavy atom. The molecule has 4 aromatic rings. The Morgan fingerprint density at radius 2 is 1.62 bits per heavy atom. The van der Waals surface area contributed by atoms with E-state index in [1.54, 1.807) is 41.8 Å². The number of carbonyl (C=O) groups excluding carboxylic acids is 2. The first-order valence-corrected chi connectivity index (χ1v) is 9.50. The fraction of sp³-hybridized carbons (Fsp3) is 0. The Labute approximate surface area is 170 Å². The van der Waals surface area contributed by atoms with Crippen molar-refractivity contribution in [2.75, 3.05) is 10.6 Å². The average Bonchev–Trinajstić information content (AvgIpc) is 3.42. The summed E-state index contributed by atoms with van der Waals surface area (Å²) in [5.41, 5.74) is 0.624. The summed E-state index contributed by atoms with van der Waals surface area (Å²) in [6.45, 7) is 0. The van der Waals surface area contributed by atoms with E-state index in [0.717, 1.165) is 5.75 Å². The molecule has 0 fully saturated rings. The summed E-state index contributed by atoms with van der Waals surface area (Å²) >= 11 is 1.30. The van der Waals surface area contributed by atoms with E-state index >= 15 is 0 Å². The Kier molecular flexibility index (Phi) is 5.35. The molecule has 2 aromatic heterocycles. The van der Waals surface area contributed by atoms with Gasteiger partial charge in [0.15, 0.2) is 5.69 Å². The molecule has 0 saturated carbocycles. The number of nitrogens with one attached hydrogen (secondary N) is 2. The van der Waals surface area contributed by atoms with Gasteiger partial charge in [0.05, 0.1) is 4.88 Å². The summed E-state index contributed by atoms with van der Waals surface area (Å²) in [5, 5.41) is 7.02. The minimum absolute atomic E-state index is 0.0415. The minimum Gasteiger partial charge on any atom is -0.457 e. The number of carbonyl (C=O) groups is 2. The van der Waals surface area contributed by atoms with Crippen LogP contribution >= 0.6 is 11.3 Å². The molecule has 0 aliphatic carbocycles. The maximum absolute atomic E-state index is 12.3. The molecule has 0 aliphatic rings. The van der Waals surface area contributed by atoms with E-state index in [1.807, 2.05) is 30.3 Å². The van der Waals surface area contributed by atoms with Crippen LogP contribution in [0.15, 0.2) is 82.8 Å². The lowest BCUT2D eigenvalue weighted by atomic mass is 10.3. The molecule has 8 heteroatoms. The van der Waals surface area contributed by atoms with Crippen LogP contribution in [-0.2, 0) is 0 Å². The molecular formula is C21H15N3O4S. The molecule has 29 heavy (non-hydrogen) atoms. The molecule has 7 nitrogen and oxygen atoms in total. The fourth-order valence-electron chi connectivity index (χ4n) is 2.43. The van der Waals surface area contributed by atoms with Crippen molar-refractivity contribution in [2.24, 2.45) is 0 Å². The number of benzene rings is 2. The second-order valence-corrected chi connectivity index (χ2v) is 6.81. The summed E-state index contributed by atoms with van der Waals surface area (Å²) in [4.78, 5) is 28.9. The maximum atomic E-state index is 12.3. The minimum atomic E-state index is -0.456. The molecule has 2 heterocycles. The van der Waals surface area contributed by atoms with Crippen LogP contribution in [-0.4, -0.2) is 16.8 Å². The van der Waals surface area contributed by atoms with Crippen LogP contribution in [0, 0.1) is 0 Å². The number of hydrogen-bond acceptors (Lipinski definition) is 6. The first-order chi connectivity index (χ1) is 14.2. The van der Waals surface area contributed by atoms with E-state index in [-0.39, 0.29) is 17.6 Å². The molecule has 0 atom stereocenters. The Bertz CT molecular complexity index is 1110. The summed E-state index contributed by atoms with van der Waals surface area (Å²) < 4.78 is 10.9. The van der Waals surface area contributed by atoms with E-state index in [4.69, 9.17) is 9.15 Å². The highest BCUT2D eigenvalue weighted by atomic mass is 32.1. The number of thiophene rings is 1. The van der Waals surface area contributed by atoms with Crippen molar-refractivity contribution in [1.29, 1.82) is 0 Å². The topological polar surface area (TPSA) is 93.5 Å². The highest BCUT2D eigenvalue weighted by Crippen LogP contribution is 2.23. The van der Waals surface area contributed by atoms with Crippen molar-refractivity contribution in [2.45, 2.75) is 0 Å². The van der Waals surface area contributed by atoms with Gasteiger partial charge in [-0.2, -0.15) is 4.98 Å². The lowest BCUT2D eigenvalue weighted by Crippen LogP contribution is -2.13. The Hall–Kier alpha value is -3.91. The third kappa shape index (κ3) is 4.69. The first-order valence-electron chi connectivity index (χ1n) is 8.62. The summed E-state index contributed by atoms with van der Waals surface area (Å²) in [5.74, 6) is 0.572. The number of aromatic nitrogens is 1. The summed E-state index contributed by atoms with van der Waals surface area (Å²) in [6, 6.07) is 19.7. The highest BCUT2D eigenvalue weighted by molar-refractivity contribution is 7.12. The third-order valence-corrected chi connectivity index (χ3v) is 4.66. The van der Waals surface area contributed by atoms with Crippen LogP contribution in [0.2, 0.25) is 0 Å². The van der Waals surface area contributed by atoms with Crippen molar-refractivity contribution in [1.82, 2.24) is 4.98 Å². The molecule has 4 rings (SSSR count). The zero-order valence-electron chi connectivity index (χ0n) is 15.0. The van der Waals surface area contributed by atoms with Crippen molar-refractivity contribution >= 4 is 34.9 Å².